The summed E-state index contributed by atoms with van der Waals surface area (Å²) in [5, 5.41) is 1.83. The number of aromatic nitrogens is 1. The monoisotopic (exact) mass is 351 g/mol. The third kappa shape index (κ3) is 1.69. The molecule has 0 aliphatic carbocycles. The molecule has 0 amide bonds. The molecule has 0 saturated heterocycles. The second-order valence-corrected chi connectivity index (χ2v) is 4.62. The zero-order chi connectivity index (χ0) is 9.42. The van der Waals surface area contributed by atoms with Crippen LogP contribution in [-0.4, -0.2) is 4.98 Å². The molecule has 1 nitrogen and oxygen atoms in total. The average Bonchev–Trinajstić information content (AvgIpc) is 2.07. The molecule has 2 aromatic rings. The van der Waals surface area contributed by atoms with Gasteiger partial charge in [-0.3, -0.25) is 4.98 Å². The van der Waals surface area contributed by atoms with E-state index in [1.54, 1.807) is 12.4 Å². The summed E-state index contributed by atoms with van der Waals surface area (Å²) in [6.45, 7) is 0. The second kappa shape index (κ2) is 3.49. The maximum absolute atomic E-state index is 13.0. The van der Waals surface area contributed by atoms with Gasteiger partial charge in [-0.2, -0.15) is 0 Å². The number of nitrogens with zero attached hydrogens (tertiary/aromatic N) is 1. The van der Waals surface area contributed by atoms with Gasteiger partial charge in [0, 0.05) is 31.2 Å². The van der Waals surface area contributed by atoms with Crippen molar-refractivity contribution < 1.29 is 4.39 Å². The van der Waals surface area contributed by atoms with E-state index >= 15 is 0 Å². The first-order valence-electron chi connectivity index (χ1n) is 3.57. The van der Waals surface area contributed by atoms with Crippen LogP contribution in [-0.2, 0) is 0 Å². The van der Waals surface area contributed by atoms with Crippen LogP contribution in [0.15, 0.2) is 29.0 Å². The van der Waals surface area contributed by atoms with Gasteiger partial charge in [-0.15, -0.1) is 0 Å². The van der Waals surface area contributed by atoms with Gasteiger partial charge in [0.2, 0.25) is 0 Å². The lowest BCUT2D eigenvalue weighted by atomic mass is 10.2. The van der Waals surface area contributed by atoms with Gasteiger partial charge < -0.3 is 0 Å². The fraction of sp³-hybridized carbons (Fsp3) is 0. The number of hydrogen-bond acceptors (Lipinski definition) is 1. The summed E-state index contributed by atoms with van der Waals surface area (Å²) in [5.74, 6) is -0.233. The predicted molar refractivity (Wildman–Crippen MR) is 62.1 cm³/mol. The summed E-state index contributed by atoms with van der Waals surface area (Å²) in [7, 11) is 0. The van der Waals surface area contributed by atoms with Gasteiger partial charge in [0.15, 0.2) is 0 Å². The van der Waals surface area contributed by atoms with E-state index in [2.05, 4.69) is 43.5 Å². The Balaban J connectivity index is 2.94. The molecule has 66 valence electrons. The standard InChI is InChI=1S/C9H4BrFIN/c10-8-2-5(11)1-6-7(8)3-13-4-9(6)12/h1-4H. The van der Waals surface area contributed by atoms with Crippen molar-refractivity contribution >= 4 is 49.3 Å². The van der Waals surface area contributed by atoms with Gasteiger partial charge in [-0.1, -0.05) is 0 Å². The first-order valence-corrected chi connectivity index (χ1v) is 5.44. The third-order valence-corrected chi connectivity index (χ3v) is 3.26. The molecule has 0 fully saturated rings. The van der Waals surface area contributed by atoms with Gasteiger partial charge in [-0.05, 0) is 50.7 Å². The minimum absolute atomic E-state index is 0.233. The van der Waals surface area contributed by atoms with Crippen LogP contribution in [0.3, 0.4) is 0 Å². The van der Waals surface area contributed by atoms with Crippen LogP contribution in [0.2, 0.25) is 0 Å². The van der Waals surface area contributed by atoms with Crippen LogP contribution in [0.4, 0.5) is 4.39 Å². The minimum Gasteiger partial charge on any atom is -0.263 e. The van der Waals surface area contributed by atoms with Gasteiger partial charge in [0.25, 0.3) is 0 Å². The number of benzene rings is 1. The normalized spacial score (nSPS) is 10.7. The van der Waals surface area contributed by atoms with E-state index in [0.717, 1.165) is 18.8 Å². The Morgan fingerprint density at radius 2 is 2.00 bits per heavy atom. The SMILES string of the molecule is Fc1cc(Br)c2cncc(I)c2c1. The Kier molecular flexibility index (Phi) is 2.51. The number of rotatable bonds is 0. The van der Waals surface area contributed by atoms with E-state index in [4.69, 9.17) is 0 Å². The topological polar surface area (TPSA) is 12.9 Å². The third-order valence-electron chi connectivity index (χ3n) is 1.74. The summed E-state index contributed by atoms with van der Waals surface area (Å²) in [6, 6.07) is 2.96. The molecule has 1 aromatic carbocycles. The van der Waals surface area contributed by atoms with Gasteiger partial charge >= 0.3 is 0 Å². The van der Waals surface area contributed by atoms with Gasteiger partial charge in [0.1, 0.15) is 5.82 Å². The molecule has 0 saturated carbocycles. The van der Waals surface area contributed by atoms with E-state index in [1.807, 2.05) is 0 Å². The van der Waals surface area contributed by atoms with Crippen molar-refractivity contribution in [2.75, 3.05) is 0 Å². The first-order chi connectivity index (χ1) is 6.18. The lowest BCUT2D eigenvalue weighted by Crippen LogP contribution is -1.84. The predicted octanol–water partition coefficient (Wildman–Crippen LogP) is 3.74. The fourth-order valence-corrected chi connectivity index (χ4v) is 2.30. The average molecular weight is 352 g/mol. The Morgan fingerprint density at radius 3 is 2.77 bits per heavy atom. The van der Waals surface area contributed by atoms with Crippen molar-refractivity contribution in [3.8, 4) is 0 Å². The van der Waals surface area contributed by atoms with E-state index in [0.29, 0.717) is 0 Å². The van der Waals surface area contributed by atoms with E-state index in [-0.39, 0.29) is 5.82 Å². The molecule has 0 N–H and O–H groups in total. The number of pyridine rings is 1. The highest BCUT2D eigenvalue weighted by Crippen LogP contribution is 2.27. The van der Waals surface area contributed by atoms with Crippen LogP contribution in [0.1, 0.15) is 0 Å². The lowest BCUT2D eigenvalue weighted by Gasteiger charge is -2.02. The molecule has 1 aromatic heterocycles. The molecule has 0 aliphatic heterocycles. The molecule has 13 heavy (non-hydrogen) atoms. The zero-order valence-corrected chi connectivity index (χ0v) is 10.1. The highest BCUT2D eigenvalue weighted by atomic mass is 127. The van der Waals surface area contributed by atoms with Crippen LogP contribution in [0.25, 0.3) is 10.8 Å². The van der Waals surface area contributed by atoms with Crippen molar-refractivity contribution in [3.05, 3.63) is 38.4 Å². The van der Waals surface area contributed by atoms with Gasteiger partial charge in [0.05, 0.1) is 0 Å². The number of hydrogen-bond donors (Lipinski definition) is 0. The molecule has 0 bridgehead atoms. The molecule has 4 heteroatoms. The van der Waals surface area contributed by atoms with E-state index in [1.165, 1.54) is 12.1 Å². The van der Waals surface area contributed by atoms with Crippen LogP contribution in [0, 0.1) is 9.39 Å². The Labute approximate surface area is 96.6 Å². The van der Waals surface area contributed by atoms with Crippen LogP contribution >= 0.6 is 38.5 Å². The van der Waals surface area contributed by atoms with E-state index in [9.17, 15) is 4.39 Å². The Bertz CT molecular complexity index is 472. The fourth-order valence-electron chi connectivity index (χ4n) is 1.16. The summed E-state index contributed by atoms with van der Waals surface area (Å²) in [4.78, 5) is 4.04. The van der Waals surface area contributed by atoms with Gasteiger partial charge in [-0.25, -0.2) is 4.39 Å². The molecule has 2 rings (SSSR count). The highest BCUT2D eigenvalue weighted by molar-refractivity contribution is 14.1. The molecule has 0 radical (unpaired) electrons. The molecule has 0 spiro atoms. The quantitative estimate of drug-likeness (QED) is 0.659. The van der Waals surface area contributed by atoms with Crippen molar-refractivity contribution in [2.24, 2.45) is 0 Å². The maximum Gasteiger partial charge on any atom is 0.125 e. The van der Waals surface area contributed by atoms with Crippen LogP contribution < -0.4 is 0 Å². The van der Waals surface area contributed by atoms with Crippen molar-refractivity contribution in [1.82, 2.24) is 4.98 Å². The van der Waals surface area contributed by atoms with Crippen LogP contribution in [0.5, 0.6) is 0 Å². The van der Waals surface area contributed by atoms with Crippen molar-refractivity contribution in [3.63, 3.8) is 0 Å². The Morgan fingerprint density at radius 1 is 1.23 bits per heavy atom. The maximum atomic E-state index is 13.0. The molecule has 0 atom stereocenters. The summed E-state index contributed by atoms with van der Waals surface area (Å²) >= 11 is 5.44. The van der Waals surface area contributed by atoms with Crippen molar-refractivity contribution in [1.29, 1.82) is 0 Å². The molecule has 0 unspecified atom stereocenters. The smallest absolute Gasteiger partial charge is 0.125 e. The van der Waals surface area contributed by atoms with E-state index < -0.39 is 0 Å². The Hall–Kier alpha value is -0.230. The molecular weight excluding hydrogens is 348 g/mol. The summed E-state index contributed by atoms with van der Waals surface area (Å²) < 4.78 is 14.7. The van der Waals surface area contributed by atoms with Crippen molar-refractivity contribution in [2.45, 2.75) is 0 Å². The second-order valence-electron chi connectivity index (χ2n) is 2.60. The largest absolute Gasteiger partial charge is 0.263 e. The molecular formula is C9H4BrFIN. The number of fused-ring (bicyclic) bond motifs is 1. The minimum atomic E-state index is -0.233. The lowest BCUT2D eigenvalue weighted by molar-refractivity contribution is 0.629. The molecule has 0 aliphatic rings. The number of halogens is 3. The summed E-state index contributed by atoms with van der Waals surface area (Å²) in [6.07, 6.45) is 3.44. The zero-order valence-electron chi connectivity index (χ0n) is 6.39. The summed E-state index contributed by atoms with van der Waals surface area (Å²) in [5.41, 5.74) is 0. The first kappa shape index (κ1) is 9.33. The molecule has 1 heterocycles. The highest BCUT2D eigenvalue weighted by Gasteiger charge is 2.04.